The fraction of sp³-hybridized carbons (Fsp3) is 0.975. The van der Waals surface area contributed by atoms with E-state index in [0.29, 0.717) is 0 Å². The van der Waals surface area contributed by atoms with Crippen LogP contribution in [0.15, 0.2) is 0 Å². The Hall–Kier alpha value is 0.0274. The number of nitrogens with zero attached hydrogens (tertiary/aromatic N) is 1. The van der Waals surface area contributed by atoms with Gasteiger partial charge in [0.1, 0.15) is 0 Å². The molecule has 258 valence electrons. The molecule has 0 aliphatic rings. The summed E-state index contributed by atoms with van der Waals surface area (Å²) in [7, 11) is 0. The van der Waals surface area contributed by atoms with Crippen molar-refractivity contribution < 1.29 is 28.8 Å². The van der Waals surface area contributed by atoms with Crippen molar-refractivity contribution in [2.75, 3.05) is 19.6 Å². The van der Waals surface area contributed by atoms with Crippen LogP contribution in [0.25, 0.3) is 0 Å². The molecule has 0 aliphatic carbocycles. The van der Waals surface area contributed by atoms with Gasteiger partial charge < -0.3 is 14.8 Å². The van der Waals surface area contributed by atoms with Gasteiger partial charge in [0.15, 0.2) is 0 Å². The van der Waals surface area contributed by atoms with Crippen LogP contribution in [0, 0.1) is 0 Å². The van der Waals surface area contributed by atoms with Gasteiger partial charge in [-0.3, -0.25) is 0 Å². The first-order chi connectivity index (χ1) is 21.2. The third-order valence-corrected chi connectivity index (χ3v) is 9.51. The van der Waals surface area contributed by atoms with E-state index in [-0.39, 0.29) is 25.3 Å². The van der Waals surface area contributed by atoms with E-state index in [1.165, 1.54) is 205 Å². The van der Waals surface area contributed by atoms with Crippen molar-refractivity contribution in [1.82, 2.24) is 4.90 Å². The monoisotopic (exact) mass is 614 g/mol. The maximum absolute atomic E-state index is 10.9. The molecular formula is C40H80LiNO2. The van der Waals surface area contributed by atoms with Crippen molar-refractivity contribution in [2.24, 2.45) is 0 Å². The van der Waals surface area contributed by atoms with Crippen LogP contribution in [0.2, 0.25) is 0 Å². The van der Waals surface area contributed by atoms with Gasteiger partial charge in [0, 0.05) is 5.97 Å². The molecule has 44 heavy (non-hydrogen) atoms. The van der Waals surface area contributed by atoms with Gasteiger partial charge in [-0.15, -0.1) is 0 Å². The molecular weight excluding hydrogens is 533 g/mol. The first-order valence-electron chi connectivity index (χ1n) is 20.1. The fourth-order valence-electron chi connectivity index (χ4n) is 6.55. The van der Waals surface area contributed by atoms with Crippen molar-refractivity contribution in [3.05, 3.63) is 0 Å². The molecule has 0 aromatic heterocycles. The molecule has 0 aromatic rings. The number of unbranched alkanes of at least 4 members (excludes halogenated alkanes) is 30. The van der Waals surface area contributed by atoms with Crippen LogP contribution in [0.1, 0.15) is 232 Å². The molecule has 0 aromatic carbocycles. The number of aliphatic carboxylic acids is 1. The molecule has 4 heteroatoms. The molecule has 0 fully saturated rings. The van der Waals surface area contributed by atoms with Gasteiger partial charge in [0.05, 0.1) is 0 Å². The summed E-state index contributed by atoms with van der Waals surface area (Å²) in [4.78, 5) is 13.4. The molecule has 0 unspecified atom stereocenters. The largest absolute Gasteiger partial charge is 1.00 e. The van der Waals surface area contributed by atoms with Crippen LogP contribution < -0.4 is 24.0 Å². The fourth-order valence-corrected chi connectivity index (χ4v) is 6.55. The van der Waals surface area contributed by atoms with Crippen molar-refractivity contribution >= 4 is 5.97 Å². The first-order valence-corrected chi connectivity index (χ1v) is 20.1. The number of carboxylic acids is 1. The van der Waals surface area contributed by atoms with E-state index in [1.807, 2.05) is 0 Å². The maximum atomic E-state index is 10.9. The summed E-state index contributed by atoms with van der Waals surface area (Å²) in [5.74, 6) is -0.898. The Balaban J connectivity index is 0. The van der Waals surface area contributed by atoms with Crippen LogP contribution in [0.3, 0.4) is 0 Å². The van der Waals surface area contributed by atoms with E-state index in [0.717, 1.165) is 26.1 Å². The van der Waals surface area contributed by atoms with Gasteiger partial charge in [0.2, 0.25) is 0 Å². The first kappa shape index (κ1) is 46.1. The topological polar surface area (TPSA) is 43.4 Å². The molecule has 0 heterocycles. The smallest absolute Gasteiger partial charge is 0.550 e. The second-order valence-electron chi connectivity index (χ2n) is 13.9. The normalized spacial score (nSPS) is 11.3. The summed E-state index contributed by atoms with van der Waals surface area (Å²) >= 11 is 0. The number of carbonyl (C=O) groups excluding carboxylic acids is 1. The molecule has 0 bridgehead atoms. The second kappa shape index (κ2) is 41.1. The van der Waals surface area contributed by atoms with Crippen LogP contribution in [-0.4, -0.2) is 30.5 Å². The van der Waals surface area contributed by atoms with Gasteiger partial charge in [0.25, 0.3) is 0 Å². The molecule has 0 atom stereocenters. The zero-order valence-corrected chi connectivity index (χ0v) is 30.9. The molecule has 0 rings (SSSR count). The SMILES string of the molecule is CCCCCCCCCCCCCCCCCCN(CCCCCCCCCCCCCCCCCC)CCCC(=O)[O-].[Li+]. The van der Waals surface area contributed by atoms with Crippen LogP contribution in [-0.2, 0) is 4.79 Å². The summed E-state index contributed by atoms with van der Waals surface area (Å²) in [6.45, 7) is 7.80. The Kier molecular flexibility index (Phi) is 43.1. The maximum Gasteiger partial charge on any atom is 1.00 e. The minimum atomic E-state index is -0.898. The molecule has 0 saturated carbocycles. The van der Waals surface area contributed by atoms with Gasteiger partial charge in [-0.1, -0.05) is 206 Å². The van der Waals surface area contributed by atoms with E-state index in [2.05, 4.69) is 18.7 Å². The average molecular weight is 614 g/mol. The van der Waals surface area contributed by atoms with E-state index < -0.39 is 5.97 Å². The standard InChI is InChI=1S/C40H81NO2.Li/c1-3-5-7-9-11-13-15-17-19-21-23-25-27-29-31-33-37-41(39-35-36-40(42)43)38-34-32-30-28-26-24-22-20-18-16-14-12-10-8-6-4-2;/h3-39H2,1-2H3,(H,42,43);/q;+1/p-1. The molecule has 0 radical (unpaired) electrons. The van der Waals surface area contributed by atoms with E-state index in [9.17, 15) is 9.90 Å². The Morgan fingerprint density at radius 1 is 0.364 bits per heavy atom. The number of hydrogen-bond acceptors (Lipinski definition) is 3. The van der Waals surface area contributed by atoms with Crippen molar-refractivity contribution in [2.45, 2.75) is 232 Å². The summed E-state index contributed by atoms with van der Waals surface area (Å²) in [6.07, 6.45) is 46.0. The summed E-state index contributed by atoms with van der Waals surface area (Å²) < 4.78 is 0. The Bertz CT molecular complexity index is 494. The Labute approximate surface area is 290 Å². The van der Waals surface area contributed by atoms with E-state index in [4.69, 9.17) is 0 Å². The van der Waals surface area contributed by atoms with Gasteiger partial charge in [-0.2, -0.15) is 0 Å². The van der Waals surface area contributed by atoms with E-state index in [1.54, 1.807) is 0 Å². The molecule has 0 amide bonds. The molecule has 3 nitrogen and oxygen atoms in total. The van der Waals surface area contributed by atoms with Gasteiger partial charge >= 0.3 is 18.9 Å². The number of carboxylic acid groups (broad SMARTS) is 1. The number of hydrogen-bond donors (Lipinski definition) is 0. The summed E-state index contributed by atoms with van der Waals surface area (Å²) in [6, 6.07) is 0. The van der Waals surface area contributed by atoms with Crippen molar-refractivity contribution in [3.8, 4) is 0 Å². The van der Waals surface area contributed by atoms with Gasteiger partial charge in [-0.05, 0) is 45.3 Å². The molecule has 0 saturated heterocycles. The van der Waals surface area contributed by atoms with Crippen molar-refractivity contribution in [1.29, 1.82) is 0 Å². The Morgan fingerprint density at radius 2 is 0.568 bits per heavy atom. The molecule has 0 aliphatic heterocycles. The zero-order valence-electron chi connectivity index (χ0n) is 30.9. The second-order valence-corrected chi connectivity index (χ2v) is 13.9. The number of carbonyl (C=O) groups is 1. The summed E-state index contributed by atoms with van der Waals surface area (Å²) in [5, 5.41) is 10.9. The average Bonchev–Trinajstić information content (AvgIpc) is 3.00. The van der Waals surface area contributed by atoms with Gasteiger partial charge in [-0.25, -0.2) is 0 Å². The van der Waals surface area contributed by atoms with Crippen LogP contribution >= 0.6 is 0 Å². The third-order valence-electron chi connectivity index (χ3n) is 9.51. The van der Waals surface area contributed by atoms with E-state index >= 15 is 0 Å². The minimum absolute atomic E-state index is 0. The van der Waals surface area contributed by atoms with Crippen molar-refractivity contribution in [3.63, 3.8) is 0 Å². The number of rotatable bonds is 38. The quantitative estimate of drug-likeness (QED) is 0.0515. The third kappa shape index (κ3) is 40.1. The predicted octanol–water partition coefficient (Wildman–Crippen LogP) is 9.35. The Morgan fingerprint density at radius 3 is 0.795 bits per heavy atom. The summed E-state index contributed by atoms with van der Waals surface area (Å²) in [5.41, 5.74) is 0. The zero-order chi connectivity index (χ0) is 31.3. The van der Waals surface area contributed by atoms with Crippen LogP contribution in [0.5, 0.6) is 0 Å². The predicted molar refractivity (Wildman–Crippen MR) is 190 cm³/mol. The minimum Gasteiger partial charge on any atom is -0.550 e. The molecule has 0 N–H and O–H groups in total. The van der Waals surface area contributed by atoms with Crippen LogP contribution in [0.4, 0.5) is 0 Å². The molecule has 0 spiro atoms.